The topological polar surface area (TPSA) is 76.1 Å². The lowest BCUT2D eigenvalue weighted by Gasteiger charge is -2.54. The second-order valence-corrected chi connectivity index (χ2v) is 14.0. The minimum Gasteiger partial charge on any atom is -0.385 e. The summed E-state index contributed by atoms with van der Waals surface area (Å²) in [6.45, 7) is 6.40. The van der Waals surface area contributed by atoms with Crippen molar-refractivity contribution < 1.29 is 23.5 Å². The van der Waals surface area contributed by atoms with Crippen molar-refractivity contribution in [3.8, 4) is 0 Å². The molecule has 0 aliphatic heterocycles. The smallest absolute Gasteiger partial charge is 0.353 e. The van der Waals surface area contributed by atoms with E-state index in [1.807, 2.05) is 20.2 Å². The van der Waals surface area contributed by atoms with Gasteiger partial charge in [-0.05, 0) is 105 Å². The molecule has 2 saturated carbocycles. The highest BCUT2D eigenvalue weighted by Crippen LogP contribution is 2.67. The number of fused-ring (bicyclic) bond motifs is 4. The standard InChI is InChI=1S/C32H44NO5P/c1-6-37-39(36,38-7-2)19-18-32(35)17-16-29-27-14-10-23-20-25(34)13-15-26(23)30(27)28(21-31(29,32)3)22-8-11-24(12-9-22)33(4)5/h8-9,11-12,18-20,27-29,35H,6-7,10,13-17,21H2,1-5H3/t27-,28+,29-,31-,32+/m0/s1. The average molecular weight is 554 g/mol. The van der Waals surface area contributed by atoms with Gasteiger partial charge in [-0.25, -0.2) is 0 Å². The Hall–Kier alpha value is -1.98. The fraction of sp³-hybridized carbons (Fsp3) is 0.594. The molecule has 4 aliphatic rings. The zero-order valence-electron chi connectivity index (χ0n) is 24.1. The molecule has 4 aliphatic carbocycles. The summed E-state index contributed by atoms with van der Waals surface area (Å²) >= 11 is 0. The van der Waals surface area contributed by atoms with Crippen molar-refractivity contribution in [2.24, 2.45) is 17.3 Å². The van der Waals surface area contributed by atoms with E-state index in [1.54, 1.807) is 19.9 Å². The third-order valence-electron chi connectivity index (χ3n) is 9.91. The Morgan fingerprint density at radius 2 is 1.77 bits per heavy atom. The van der Waals surface area contributed by atoms with Crippen LogP contribution in [0.25, 0.3) is 0 Å². The van der Waals surface area contributed by atoms with Crippen LogP contribution in [0.5, 0.6) is 0 Å². The molecule has 1 aromatic carbocycles. The van der Waals surface area contributed by atoms with E-state index in [-0.39, 0.29) is 24.9 Å². The van der Waals surface area contributed by atoms with Crippen LogP contribution in [0.3, 0.4) is 0 Å². The molecule has 5 rings (SSSR count). The zero-order valence-corrected chi connectivity index (χ0v) is 25.0. The maximum absolute atomic E-state index is 13.3. The molecule has 0 amide bonds. The highest BCUT2D eigenvalue weighted by atomic mass is 31.2. The number of benzene rings is 1. The van der Waals surface area contributed by atoms with Crippen molar-refractivity contribution in [1.82, 2.24) is 0 Å². The number of carbonyl (C=O) groups excluding carboxylic acids is 1. The molecule has 0 spiro atoms. The molecule has 5 atom stereocenters. The quantitative estimate of drug-likeness (QED) is 0.344. The number of hydrogen-bond donors (Lipinski definition) is 1. The monoisotopic (exact) mass is 553 g/mol. The summed E-state index contributed by atoms with van der Waals surface area (Å²) in [5.41, 5.74) is 5.04. The van der Waals surface area contributed by atoms with Crippen LogP contribution in [0.15, 0.2) is 59.0 Å². The summed E-state index contributed by atoms with van der Waals surface area (Å²) in [6, 6.07) is 8.83. The molecule has 39 heavy (non-hydrogen) atoms. The SMILES string of the molecule is CCOP(=O)(C=C[C@]1(O)CC[C@H]2[C@@H]3CCC4=CC(=O)CCC4=C3[C@@H](c3ccc(N(C)C)cc3)C[C@@]21C)OCC. The Bertz CT molecular complexity index is 1240. The van der Waals surface area contributed by atoms with E-state index >= 15 is 0 Å². The predicted molar refractivity (Wildman–Crippen MR) is 156 cm³/mol. The Balaban J connectivity index is 1.59. The van der Waals surface area contributed by atoms with Gasteiger partial charge in [-0.1, -0.05) is 24.6 Å². The molecule has 212 valence electrons. The van der Waals surface area contributed by atoms with Gasteiger partial charge in [-0.3, -0.25) is 9.36 Å². The van der Waals surface area contributed by atoms with Gasteiger partial charge in [0.1, 0.15) is 0 Å². The van der Waals surface area contributed by atoms with Gasteiger partial charge >= 0.3 is 7.60 Å². The maximum Gasteiger partial charge on any atom is 0.353 e. The fourth-order valence-corrected chi connectivity index (χ4v) is 9.37. The molecule has 2 fully saturated rings. The molecule has 0 radical (unpaired) electrons. The molecular weight excluding hydrogens is 509 g/mol. The minimum absolute atomic E-state index is 0.156. The highest BCUT2D eigenvalue weighted by molar-refractivity contribution is 7.57. The molecule has 1 aromatic rings. The van der Waals surface area contributed by atoms with Gasteiger partial charge in [0, 0.05) is 43.4 Å². The first-order valence-electron chi connectivity index (χ1n) is 14.6. The van der Waals surface area contributed by atoms with Crippen LogP contribution in [0.2, 0.25) is 0 Å². The Labute approximate surface area is 233 Å². The number of carbonyl (C=O) groups is 1. The molecule has 0 bridgehead atoms. The molecule has 0 aromatic heterocycles. The van der Waals surface area contributed by atoms with E-state index in [1.165, 1.54) is 28.1 Å². The van der Waals surface area contributed by atoms with Crippen LogP contribution in [0.1, 0.15) is 77.2 Å². The van der Waals surface area contributed by atoms with Gasteiger partial charge in [0.25, 0.3) is 0 Å². The Morgan fingerprint density at radius 1 is 1.08 bits per heavy atom. The van der Waals surface area contributed by atoms with Crippen molar-refractivity contribution in [2.45, 2.75) is 77.2 Å². The highest BCUT2D eigenvalue weighted by Gasteiger charge is 2.62. The van der Waals surface area contributed by atoms with Crippen molar-refractivity contribution in [1.29, 1.82) is 0 Å². The van der Waals surface area contributed by atoms with Gasteiger partial charge in [0.05, 0.1) is 18.8 Å². The normalized spacial score (nSPS) is 32.6. The van der Waals surface area contributed by atoms with E-state index in [2.05, 4.69) is 36.1 Å². The zero-order chi connectivity index (χ0) is 28.0. The van der Waals surface area contributed by atoms with Gasteiger partial charge in [-0.15, -0.1) is 0 Å². The largest absolute Gasteiger partial charge is 0.385 e. The van der Waals surface area contributed by atoms with Crippen LogP contribution in [-0.4, -0.2) is 43.8 Å². The summed E-state index contributed by atoms with van der Waals surface area (Å²) in [7, 11) is 0.670. The van der Waals surface area contributed by atoms with Gasteiger partial charge < -0.3 is 19.1 Å². The number of nitrogens with zero attached hydrogens (tertiary/aromatic N) is 1. The van der Waals surface area contributed by atoms with Crippen LogP contribution in [0.4, 0.5) is 5.69 Å². The van der Waals surface area contributed by atoms with Crippen molar-refractivity contribution >= 4 is 19.1 Å². The molecule has 6 nitrogen and oxygen atoms in total. The molecular formula is C32H44NO5P. The summed E-state index contributed by atoms with van der Waals surface area (Å²) < 4.78 is 24.3. The first-order chi connectivity index (χ1) is 18.5. The second kappa shape index (κ2) is 10.8. The van der Waals surface area contributed by atoms with Gasteiger partial charge in [-0.2, -0.15) is 0 Å². The molecule has 7 heteroatoms. The summed E-state index contributed by atoms with van der Waals surface area (Å²) in [6.07, 6.45) is 9.30. The lowest BCUT2D eigenvalue weighted by atomic mass is 9.51. The third-order valence-corrected chi connectivity index (χ3v) is 11.7. The van der Waals surface area contributed by atoms with Crippen LogP contribution in [0, 0.1) is 17.3 Å². The summed E-state index contributed by atoms with van der Waals surface area (Å²) in [4.78, 5) is 14.4. The number of anilines is 1. The van der Waals surface area contributed by atoms with Gasteiger partial charge in [0.15, 0.2) is 5.78 Å². The van der Waals surface area contributed by atoms with E-state index in [9.17, 15) is 14.5 Å². The fourth-order valence-electron chi connectivity index (χ4n) is 7.97. The van der Waals surface area contributed by atoms with E-state index < -0.39 is 18.6 Å². The summed E-state index contributed by atoms with van der Waals surface area (Å²) in [5.74, 6) is 2.58. The molecule has 0 unspecified atom stereocenters. The molecule has 1 N–H and O–H groups in total. The number of ketones is 1. The summed E-state index contributed by atoms with van der Waals surface area (Å²) in [5, 5.41) is 12.3. The predicted octanol–water partition coefficient (Wildman–Crippen LogP) is 7.16. The Kier molecular flexibility index (Phi) is 7.89. The van der Waals surface area contributed by atoms with Crippen molar-refractivity contribution in [3.63, 3.8) is 0 Å². The van der Waals surface area contributed by atoms with E-state index in [0.29, 0.717) is 24.7 Å². The van der Waals surface area contributed by atoms with Gasteiger partial charge in [0.2, 0.25) is 0 Å². The molecule has 0 saturated heterocycles. The number of hydrogen-bond acceptors (Lipinski definition) is 6. The van der Waals surface area contributed by atoms with Crippen LogP contribution in [-0.2, 0) is 18.4 Å². The average Bonchev–Trinajstić information content (AvgIpc) is 3.17. The lowest BCUT2D eigenvalue weighted by Crippen LogP contribution is -2.50. The van der Waals surface area contributed by atoms with E-state index in [0.717, 1.165) is 37.8 Å². The lowest BCUT2D eigenvalue weighted by molar-refractivity contribution is -0.114. The van der Waals surface area contributed by atoms with Crippen molar-refractivity contribution in [3.05, 3.63) is 64.5 Å². The maximum atomic E-state index is 13.3. The van der Waals surface area contributed by atoms with E-state index in [4.69, 9.17) is 9.05 Å². The Morgan fingerprint density at radius 3 is 2.41 bits per heavy atom. The van der Waals surface area contributed by atoms with Crippen LogP contribution >= 0.6 is 7.60 Å². The number of aliphatic hydroxyl groups is 1. The first kappa shape index (κ1) is 28.5. The second-order valence-electron chi connectivity index (χ2n) is 12.1. The minimum atomic E-state index is -3.43. The molecule has 0 heterocycles. The van der Waals surface area contributed by atoms with Crippen molar-refractivity contribution in [2.75, 3.05) is 32.2 Å². The van der Waals surface area contributed by atoms with Crippen LogP contribution < -0.4 is 4.90 Å². The number of allylic oxidation sites excluding steroid dienone is 4. The number of rotatable bonds is 8. The first-order valence-corrected chi connectivity index (χ1v) is 16.2. The third kappa shape index (κ3) is 5.03.